The Labute approximate surface area is 120 Å². The van der Waals surface area contributed by atoms with Gasteiger partial charge in [-0.1, -0.05) is 32.0 Å². The summed E-state index contributed by atoms with van der Waals surface area (Å²) in [6, 6.07) is 6.05. The first-order chi connectivity index (χ1) is 9.15. The second-order valence-electron chi connectivity index (χ2n) is 4.43. The van der Waals surface area contributed by atoms with E-state index in [-0.39, 0.29) is 18.5 Å². The maximum absolute atomic E-state index is 12.0. The number of aryl methyl sites for hydroxylation is 2. The molecule has 19 heavy (non-hydrogen) atoms. The van der Waals surface area contributed by atoms with Gasteiger partial charge in [0.05, 0.1) is 5.69 Å². The molecule has 1 rings (SSSR count). The first kappa shape index (κ1) is 16.0. The van der Waals surface area contributed by atoms with Crippen molar-refractivity contribution in [2.24, 2.45) is 0 Å². The smallest absolute Gasteiger partial charge is 0.243 e. The number of para-hydroxylation sites is 1. The number of alkyl halides is 1. The maximum atomic E-state index is 12.0. The normalized spacial score (nSPS) is 10.5. The second-order valence-corrected chi connectivity index (χ2v) is 4.70. The molecule has 0 radical (unpaired) electrons. The molecule has 0 bridgehead atoms. The van der Waals surface area contributed by atoms with E-state index in [1.165, 1.54) is 0 Å². The molecule has 0 aliphatic heterocycles. The summed E-state index contributed by atoms with van der Waals surface area (Å²) in [6.07, 6.45) is 1.80. The van der Waals surface area contributed by atoms with Gasteiger partial charge in [0.15, 0.2) is 0 Å². The molecule has 0 N–H and O–H groups in total. The molecule has 1 amide bonds. The van der Waals surface area contributed by atoms with Crippen LogP contribution in [0.3, 0.4) is 0 Å². The average molecular weight is 284 g/mol. The van der Waals surface area contributed by atoms with Crippen LogP contribution >= 0.6 is 11.6 Å². The minimum Gasteiger partial charge on any atom is -0.361 e. The van der Waals surface area contributed by atoms with Crippen molar-refractivity contribution in [2.45, 2.75) is 33.6 Å². The fourth-order valence-corrected chi connectivity index (χ4v) is 2.17. The van der Waals surface area contributed by atoms with E-state index in [2.05, 4.69) is 6.92 Å². The monoisotopic (exact) mass is 283 g/mol. The fraction of sp³-hybridized carbons (Fsp3) is 0.533. The van der Waals surface area contributed by atoms with Crippen molar-refractivity contribution in [2.75, 3.05) is 24.1 Å². The van der Waals surface area contributed by atoms with Crippen LogP contribution in [0.5, 0.6) is 0 Å². The molecule has 0 saturated carbocycles. The first-order valence-electron chi connectivity index (χ1n) is 6.68. The molecule has 0 aromatic heterocycles. The van der Waals surface area contributed by atoms with Crippen molar-refractivity contribution >= 4 is 23.2 Å². The molecule has 0 fully saturated rings. The van der Waals surface area contributed by atoms with Gasteiger partial charge in [0.1, 0.15) is 12.6 Å². The number of anilines is 1. The molecule has 0 spiro atoms. The Morgan fingerprint density at radius 1 is 1.37 bits per heavy atom. The standard InChI is InChI=1S/C15H22ClNO2/c1-4-9-19-11-17(14(18)10-16)15-12(3)7-6-8-13(15)5-2/h6-8H,4-5,9-11H2,1-3H3. The van der Waals surface area contributed by atoms with E-state index in [0.717, 1.165) is 29.7 Å². The van der Waals surface area contributed by atoms with Crippen LogP contribution in [0.1, 0.15) is 31.4 Å². The van der Waals surface area contributed by atoms with Gasteiger partial charge in [-0.3, -0.25) is 9.69 Å². The predicted octanol–water partition coefficient (Wildman–Crippen LogP) is 3.51. The lowest BCUT2D eigenvalue weighted by atomic mass is 10.0. The average Bonchev–Trinajstić information content (AvgIpc) is 2.43. The number of benzene rings is 1. The van der Waals surface area contributed by atoms with Crippen LogP contribution in [0, 0.1) is 6.92 Å². The Morgan fingerprint density at radius 3 is 2.68 bits per heavy atom. The highest BCUT2D eigenvalue weighted by Crippen LogP contribution is 2.26. The van der Waals surface area contributed by atoms with Crippen LogP contribution in [0.15, 0.2) is 18.2 Å². The minimum absolute atomic E-state index is 0.0347. The van der Waals surface area contributed by atoms with Crippen molar-refractivity contribution in [3.8, 4) is 0 Å². The Balaban J connectivity index is 3.05. The third-order valence-corrected chi connectivity index (χ3v) is 3.18. The van der Waals surface area contributed by atoms with E-state index in [0.29, 0.717) is 6.61 Å². The summed E-state index contributed by atoms with van der Waals surface area (Å²) in [7, 11) is 0. The summed E-state index contributed by atoms with van der Waals surface area (Å²) in [4.78, 5) is 13.7. The molecule has 1 aromatic carbocycles. The highest BCUT2D eigenvalue weighted by molar-refractivity contribution is 6.29. The summed E-state index contributed by atoms with van der Waals surface area (Å²) in [6.45, 7) is 7.02. The quantitative estimate of drug-likeness (QED) is 0.435. The van der Waals surface area contributed by atoms with Crippen molar-refractivity contribution in [1.29, 1.82) is 0 Å². The number of hydrogen-bond acceptors (Lipinski definition) is 2. The number of halogens is 1. The number of hydrogen-bond donors (Lipinski definition) is 0. The Hall–Kier alpha value is -1.06. The van der Waals surface area contributed by atoms with Gasteiger partial charge < -0.3 is 4.74 Å². The Morgan fingerprint density at radius 2 is 2.11 bits per heavy atom. The highest BCUT2D eigenvalue weighted by atomic mass is 35.5. The van der Waals surface area contributed by atoms with Gasteiger partial charge in [0.2, 0.25) is 5.91 Å². The van der Waals surface area contributed by atoms with Gasteiger partial charge in [-0.2, -0.15) is 0 Å². The van der Waals surface area contributed by atoms with E-state index in [1.807, 2.05) is 32.0 Å². The van der Waals surface area contributed by atoms with Crippen LogP contribution in [-0.4, -0.2) is 25.1 Å². The van der Waals surface area contributed by atoms with E-state index < -0.39 is 0 Å². The lowest BCUT2D eigenvalue weighted by molar-refractivity contribution is -0.117. The number of amides is 1. The third-order valence-electron chi connectivity index (χ3n) is 2.96. The molecule has 0 saturated heterocycles. The number of nitrogens with zero attached hydrogens (tertiary/aromatic N) is 1. The summed E-state index contributed by atoms with van der Waals surface area (Å²) < 4.78 is 5.52. The topological polar surface area (TPSA) is 29.5 Å². The third kappa shape index (κ3) is 4.22. The number of carbonyl (C=O) groups excluding carboxylic acids is 1. The molecule has 0 aliphatic rings. The van der Waals surface area contributed by atoms with E-state index in [9.17, 15) is 4.79 Å². The fourth-order valence-electron chi connectivity index (χ4n) is 2.02. The lowest BCUT2D eigenvalue weighted by Crippen LogP contribution is -2.35. The van der Waals surface area contributed by atoms with Gasteiger partial charge >= 0.3 is 0 Å². The molecule has 1 aromatic rings. The van der Waals surface area contributed by atoms with Crippen LogP contribution < -0.4 is 4.90 Å². The predicted molar refractivity (Wildman–Crippen MR) is 79.9 cm³/mol. The summed E-state index contributed by atoms with van der Waals surface area (Å²) in [5.74, 6) is -0.158. The summed E-state index contributed by atoms with van der Waals surface area (Å²) in [5.41, 5.74) is 3.14. The first-order valence-corrected chi connectivity index (χ1v) is 7.21. The highest BCUT2D eigenvalue weighted by Gasteiger charge is 2.19. The zero-order chi connectivity index (χ0) is 14.3. The molecule has 0 atom stereocenters. The van der Waals surface area contributed by atoms with Crippen molar-refractivity contribution < 1.29 is 9.53 Å². The van der Waals surface area contributed by atoms with Crippen molar-refractivity contribution in [3.05, 3.63) is 29.3 Å². The molecule has 0 aliphatic carbocycles. The van der Waals surface area contributed by atoms with Crippen LogP contribution in [0.2, 0.25) is 0 Å². The molecule has 106 valence electrons. The summed E-state index contributed by atoms with van der Waals surface area (Å²) in [5, 5.41) is 0. The maximum Gasteiger partial charge on any atom is 0.243 e. The zero-order valence-electron chi connectivity index (χ0n) is 11.9. The van der Waals surface area contributed by atoms with Crippen LogP contribution in [0.4, 0.5) is 5.69 Å². The second kappa shape index (κ2) is 8.18. The van der Waals surface area contributed by atoms with Gasteiger partial charge in [-0.05, 0) is 30.9 Å². The Bertz CT molecular complexity index is 421. The van der Waals surface area contributed by atoms with Gasteiger partial charge in [0.25, 0.3) is 0 Å². The van der Waals surface area contributed by atoms with E-state index >= 15 is 0 Å². The summed E-state index contributed by atoms with van der Waals surface area (Å²) >= 11 is 5.71. The lowest BCUT2D eigenvalue weighted by Gasteiger charge is -2.26. The molecule has 0 heterocycles. The largest absolute Gasteiger partial charge is 0.361 e. The van der Waals surface area contributed by atoms with E-state index in [4.69, 9.17) is 16.3 Å². The molecular formula is C15H22ClNO2. The molecule has 3 nitrogen and oxygen atoms in total. The van der Waals surface area contributed by atoms with Crippen LogP contribution in [0.25, 0.3) is 0 Å². The SMILES string of the molecule is CCCOCN(C(=O)CCl)c1c(C)cccc1CC. The number of ether oxygens (including phenoxy) is 1. The van der Waals surface area contributed by atoms with E-state index in [1.54, 1.807) is 4.90 Å². The minimum atomic E-state index is -0.123. The van der Waals surface area contributed by atoms with Crippen molar-refractivity contribution in [3.63, 3.8) is 0 Å². The van der Waals surface area contributed by atoms with Crippen molar-refractivity contribution in [1.82, 2.24) is 0 Å². The molecule has 0 unspecified atom stereocenters. The molecular weight excluding hydrogens is 262 g/mol. The van der Waals surface area contributed by atoms with Gasteiger partial charge in [-0.15, -0.1) is 11.6 Å². The number of rotatable bonds is 7. The molecule has 4 heteroatoms. The van der Waals surface area contributed by atoms with Gasteiger partial charge in [0, 0.05) is 6.61 Å². The van der Waals surface area contributed by atoms with Gasteiger partial charge in [-0.25, -0.2) is 0 Å². The number of carbonyl (C=O) groups is 1. The Kier molecular flexibility index (Phi) is 6.89. The zero-order valence-corrected chi connectivity index (χ0v) is 12.7. The van der Waals surface area contributed by atoms with Crippen LogP contribution in [-0.2, 0) is 16.0 Å².